The molecular formula is C9H13O. The van der Waals surface area contributed by atoms with Gasteiger partial charge < -0.3 is 0 Å². The summed E-state index contributed by atoms with van der Waals surface area (Å²) in [7, 11) is 0. The van der Waals surface area contributed by atoms with Crippen LogP contribution in [0, 0.1) is 0 Å². The molecule has 1 heteroatoms. The van der Waals surface area contributed by atoms with Crippen LogP contribution < -0.4 is 0 Å². The summed E-state index contributed by atoms with van der Waals surface area (Å²) in [5, 5.41) is 0. The molecule has 0 saturated heterocycles. The molecule has 0 heterocycles. The van der Waals surface area contributed by atoms with Crippen LogP contribution in [0.15, 0.2) is 11.6 Å². The molecule has 1 saturated carbocycles. The van der Waals surface area contributed by atoms with Crippen LogP contribution in [-0.2, 0) is 4.79 Å². The Bertz CT molecular complexity index is 126. The quantitative estimate of drug-likeness (QED) is 0.400. The Kier molecular flexibility index (Phi) is 3.20. The first-order valence-corrected chi connectivity index (χ1v) is 3.99. The zero-order chi connectivity index (χ0) is 7.23. The van der Waals surface area contributed by atoms with Crippen LogP contribution in [-0.4, -0.2) is 6.29 Å². The van der Waals surface area contributed by atoms with E-state index in [1.165, 1.54) is 31.3 Å². The van der Waals surface area contributed by atoms with E-state index in [1.807, 2.05) is 6.29 Å². The molecule has 1 fully saturated rings. The monoisotopic (exact) mass is 137 g/mol. The molecule has 1 aliphatic carbocycles. The van der Waals surface area contributed by atoms with Gasteiger partial charge in [-0.3, -0.25) is 4.79 Å². The molecule has 1 nitrogen and oxygen atoms in total. The number of hydrogen-bond acceptors (Lipinski definition) is 1. The normalized spacial score (nSPS) is 19.8. The van der Waals surface area contributed by atoms with Gasteiger partial charge in [-0.05, 0) is 31.8 Å². The van der Waals surface area contributed by atoms with Gasteiger partial charge in [0.2, 0.25) is 6.29 Å². The molecule has 0 aromatic rings. The van der Waals surface area contributed by atoms with Crippen molar-refractivity contribution in [2.24, 2.45) is 0 Å². The average Bonchev–Trinajstić information content (AvgIpc) is 2.17. The number of carbonyl (C=O) groups excluding carboxylic acids is 1. The largest absolute Gasteiger partial charge is 0.286 e. The topological polar surface area (TPSA) is 17.1 Å². The molecule has 0 bridgehead atoms. The van der Waals surface area contributed by atoms with E-state index in [0.717, 1.165) is 12.8 Å². The minimum absolute atomic E-state index is 1.12. The molecule has 55 valence electrons. The standard InChI is InChI=1S/C9H13O/c10-8-7-9-5-3-1-2-4-6-9/h7H,1-6H2. The van der Waals surface area contributed by atoms with Crippen LogP contribution in [0.3, 0.4) is 0 Å². The Balaban J connectivity index is 2.42. The van der Waals surface area contributed by atoms with Gasteiger partial charge in [-0.2, -0.15) is 0 Å². The molecule has 10 heavy (non-hydrogen) atoms. The third kappa shape index (κ3) is 2.34. The summed E-state index contributed by atoms with van der Waals surface area (Å²) in [6, 6.07) is 0. The highest BCUT2D eigenvalue weighted by atomic mass is 16.1. The SMILES string of the molecule is O=[C]C=C1CCCCCC1. The van der Waals surface area contributed by atoms with Gasteiger partial charge in [0.25, 0.3) is 0 Å². The van der Waals surface area contributed by atoms with Gasteiger partial charge in [0.1, 0.15) is 0 Å². The second kappa shape index (κ2) is 4.26. The summed E-state index contributed by atoms with van der Waals surface area (Å²) >= 11 is 0. The maximum Gasteiger partial charge on any atom is 0.225 e. The van der Waals surface area contributed by atoms with Crippen molar-refractivity contribution in [2.45, 2.75) is 38.5 Å². The molecule has 1 aliphatic rings. The van der Waals surface area contributed by atoms with Crippen molar-refractivity contribution in [3.05, 3.63) is 11.6 Å². The lowest BCUT2D eigenvalue weighted by molar-refractivity contribution is 0.563. The molecule has 0 aromatic heterocycles. The molecule has 1 radical (unpaired) electrons. The smallest absolute Gasteiger partial charge is 0.225 e. The Morgan fingerprint density at radius 2 is 1.70 bits per heavy atom. The lowest BCUT2D eigenvalue weighted by Crippen LogP contribution is -1.80. The fourth-order valence-corrected chi connectivity index (χ4v) is 1.41. The van der Waals surface area contributed by atoms with Gasteiger partial charge in [-0.1, -0.05) is 18.4 Å². The first kappa shape index (κ1) is 7.52. The Hall–Kier alpha value is -0.590. The van der Waals surface area contributed by atoms with Crippen molar-refractivity contribution >= 4 is 6.29 Å². The predicted octanol–water partition coefficient (Wildman–Crippen LogP) is 2.38. The lowest BCUT2D eigenvalue weighted by atomic mass is 10.1. The summed E-state index contributed by atoms with van der Waals surface area (Å²) in [5.41, 5.74) is 1.30. The molecule has 1 rings (SSSR count). The molecule has 0 aromatic carbocycles. The van der Waals surface area contributed by atoms with Crippen LogP contribution in [0.4, 0.5) is 0 Å². The van der Waals surface area contributed by atoms with E-state index in [0.29, 0.717) is 0 Å². The Morgan fingerprint density at radius 3 is 2.20 bits per heavy atom. The molecule has 0 atom stereocenters. The van der Waals surface area contributed by atoms with Crippen molar-refractivity contribution < 1.29 is 4.79 Å². The van der Waals surface area contributed by atoms with Crippen LogP contribution in [0.25, 0.3) is 0 Å². The minimum atomic E-state index is 1.12. The number of allylic oxidation sites excluding steroid dienone is 2. The van der Waals surface area contributed by atoms with Crippen molar-refractivity contribution in [1.82, 2.24) is 0 Å². The second-order valence-corrected chi connectivity index (χ2v) is 2.83. The van der Waals surface area contributed by atoms with Gasteiger partial charge >= 0.3 is 0 Å². The minimum Gasteiger partial charge on any atom is -0.286 e. The van der Waals surface area contributed by atoms with Gasteiger partial charge in [-0.25, -0.2) is 0 Å². The van der Waals surface area contributed by atoms with E-state index in [2.05, 4.69) is 0 Å². The van der Waals surface area contributed by atoms with E-state index in [9.17, 15) is 4.79 Å². The summed E-state index contributed by atoms with van der Waals surface area (Å²) < 4.78 is 0. The summed E-state index contributed by atoms with van der Waals surface area (Å²) in [6.45, 7) is 0. The van der Waals surface area contributed by atoms with E-state index in [4.69, 9.17) is 0 Å². The Labute approximate surface area is 62.1 Å². The molecule has 0 spiro atoms. The third-order valence-electron chi connectivity index (χ3n) is 2.01. The second-order valence-electron chi connectivity index (χ2n) is 2.83. The molecular weight excluding hydrogens is 124 g/mol. The highest BCUT2D eigenvalue weighted by Crippen LogP contribution is 2.21. The van der Waals surface area contributed by atoms with Crippen LogP contribution >= 0.6 is 0 Å². The maximum absolute atomic E-state index is 9.98. The lowest BCUT2D eigenvalue weighted by Gasteiger charge is -1.96. The van der Waals surface area contributed by atoms with Crippen molar-refractivity contribution in [2.75, 3.05) is 0 Å². The summed E-state index contributed by atoms with van der Waals surface area (Å²) in [5.74, 6) is 0. The first-order chi connectivity index (χ1) is 4.93. The Morgan fingerprint density at radius 1 is 1.10 bits per heavy atom. The number of rotatable bonds is 1. The highest BCUT2D eigenvalue weighted by molar-refractivity contribution is 5.66. The van der Waals surface area contributed by atoms with Gasteiger partial charge in [-0.15, -0.1) is 0 Å². The first-order valence-electron chi connectivity index (χ1n) is 3.99. The van der Waals surface area contributed by atoms with Gasteiger partial charge in [0.05, 0.1) is 0 Å². The van der Waals surface area contributed by atoms with Gasteiger partial charge in [0, 0.05) is 0 Å². The third-order valence-corrected chi connectivity index (χ3v) is 2.01. The number of hydrogen-bond donors (Lipinski definition) is 0. The van der Waals surface area contributed by atoms with Crippen molar-refractivity contribution in [1.29, 1.82) is 0 Å². The van der Waals surface area contributed by atoms with E-state index >= 15 is 0 Å². The zero-order valence-electron chi connectivity index (χ0n) is 6.23. The van der Waals surface area contributed by atoms with Crippen LogP contribution in [0.5, 0.6) is 0 Å². The maximum atomic E-state index is 9.98. The molecule has 0 unspecified atom stereocenters. The molecule has 0 aliphatic heterocycles. The van der Waals surface area contributed by atoms with E-state index in [-0.39, 0.29) is 0 Å². The van der Waals surface area contributed by atoms with Crippen molar-refractivity contribution in [3.63, 3.8) is 0 Å². The van der Waals surface area contributed by atoms with E-state index < -0.39 is 0 Å². The van der Waals surface area contributed by atoms with Gasteiger partial charge in [0.15, 0.2) is 0 Å². The highest BCUT2D eigenvalue weighted by Gasteiger charge is 2.02. The fourth-order valence-electron chi connectivity index (χ4n) is 1.41. The average molecular weight is 137 g/mol. The predicted molar refractivity (Wildman–Crippen MR) is 41.5 cm³/mol. The molecule has 0 amide bonds. The fraction of sp³-hybridized carbons (Fsp3) is 0.667. The van der Waals surface area contributed by atoms with Crippen LogP contribution in [0.2, 0.25) is 0 Å². The zero-order valence-corrected chi connectivity index (χ0v) is 6.23. The van der Waals surface area contributed by atoms with E-state index in [1.54, 1.807) is 6.08 Å². The summed E-state index contributed by atoms with van der Waals surface area (Å²) in [6.07, 6.45) is 10.9. The summed E-state index contributed by atoms with van der Waals surface area (Å²) in [4.78, 5) is 9.98. The molecule has 0 N–H and O–H groups in total. The van der Waals surface area contributed by atoms with Crippen molar-refractivity contribution in [3.8, 4) is 0 Å². The van der Waals surface area contributed by atoms with Crippen LogP contribution in [0.1, 0.15) is 38.5 Å².